The summed E-state index contributed by atoms with van der Waals surface area (Å²) in [5.74, 6) is 0.415. The average molecular weight is 201 g/mol. The van der Waals surface area contributed by atoms with Crippen LogP contribution in [0, 0.1) is 11.3 Å². The van der Waals surface area contributed by atoms with Crippen molar-refractivity contribution in [2.45, 2.75) is 32.6 Å². The summed E-state index contributed by atoms with van der Waals surface area (Å²) in [6, 6.07) is 9.42. The van der Waals surface area contributed by atoms with Crippen LogP contribution in [0.5, 0.6) is 0 Å². The maximum atomic E-state index is 11.4. The summed E-state index contributed by atoms with van der Waals surface area (Å²) >= 11 is 0. The van der Waals surface area contributed by atoms with Gasteiger partial charge in [-0.1, -0.05) is 38.1 Å². The first kappa shape index (κ1) is 11.5. The Morgan fingerprint density at radius 1 is 1.40 bits per heavy atom. The number of rotatable bonds is 4. The number of carbonyl (C=O) groups excluding carboxylic acids is 1. The molecule has 2 nitrogen and oxygen atoms in total. The molecule has 1 aromatic carbocycles. The lowest BCUT2D eigenvalue weighted by atomic mass is 9.96. The van der Waals surface area contributed by atoms with Gasteiger partial charge in [0.25, 0.3) is 0 Å². The highest BCUT2D eigenvalue weighted by Crippen LogP contribution is 2.19. The van der Waals surface area contributed by atoms with E-state index in [-0.39, 0.29) is 12.2 Å². The van der Waals surface area contributed by atoms with Gasteiger partial charge in [-0.05, 0) is 17.9 Å². The van der Waals surface area contributed by atoms with E-state index in [1.54, 1.807) is 12.1 Å². The predicted molar refractivity (Wildman–Crippen MR) is 59.7 cm³/mol. The molecule has 0 saturated heterocycles. The lowest BCUT2D eigenvalue weighted by Crippen LogP contribution is -1.98. The quantitative estimate of drug-likeness (QED) is 0.701. The minimum atomic E-state index is -0.104. The molecular formula is C13H15NO. The van der Waals surface area contributed by atoms with Gasteiger partial charge < -0.3 is 0 Å². The summed E-state index contributed by atoms with van der Waals surface area (Å²) in [5, 5.41) is 8.41. The maximum Gasteiger partial charge on any atom is 0.176 e. The first-order valence-electron chi connectivity index (χ1n) is 5.19. The Kier molecular flexibility index (Phi) is 4.05. The Morgan fingerprint density at radius 2 is 2.00 bits per heavy atom. The third-order valence-electron chi connectivity index (χ3n) is 2.65. The maximum absolute atomic E-state index is 11.4. The van der Waals surface area contributed by atoms with Gasteiger partial charge in [0.15, 0.2) is 5.78 Å². The Bertz CT molecular complexity index is 373. The van der Waals surface area contributed by atoms with E-state index in [9.17, 15) is 4.79 Å². The van der Waals surface area contributed by atoms with E-state index in [1.807, 2.05) is 18.2 Å². The smallest absolute Gasteiger partial charge is 0.176 e. The summed E-state index contributed by atoms with van der Waals surface area (Å²) in [6.07, 6.45) is 1.05. The van der Waals surface area contributed by atoms with Gasteiger partial charge in [-0.2, -0.15) is 5.26 Å². The topological polar surface area (TPSA) is 40.9 Å². The molecule has 0 aliphatic heterocycles. The van der Waals surface area contributed by atoms with Crippen LogP contribution >= 0.6 is 0 Å². The molecule has 0 aromatic heterocycles. The molecule has 0 N–H and O–H groups in total. The van der Waals surface area contributed by atoms with Crippen molar-refractivity contribution in [3.05, 3.63) is 35.4 Å². The van der Waals surface area contributed by atoms with Crippen LogP contribution in [-0.4, -0.2) is 5.78 Å². The highest BCUT2D eigenvalue weighted by molar-refractivity contribution is 5.97. The second kappa shape index (κ2) is 5.31. The first-order chi connectivity index (χ1) is 7.19. The molecule has 1 rings (SSSR count). The summed E-state index contributed by atoms with van der Waals surface area (Å²) in [7, 11) is 0. The minimum absolute atomic E-state index is 0.0390. The van der Waals surface area contributed by atoms with Crippen LogP contribution in [0.25, 0.3) is 0 Å². The zero-order chi connectivity index (χ0) is 11.3. The molecule has 1 unspecified atom stereocenters. The molecule has 2 heteroatoms. The fourth-order valence-corrected chi connectivity index (χ4v) is 1.41. The number of carbonyl (C=O) groups is 1. The molecule has 0 spiro atoms. The van der Waals surface area contributed by atoms with Crippen LogP contribution in [0.3, 0.4) is 0 Å². The molecule has 1 aromatic rings. The molecule has 0 amide bonds. The largest absolute Gasteiger partial charge is 0.293 e. The van der Waals surface area contributed by atoms with Gasteiger partial charge in [-0.15, -0.1) is 0 Å². The highest BCUT2D eigenvalue weighted by atomic mass is 16.1. The first-order valence-corrected chi connectivity index (χ1v) is 5.19. The van der Waals surface area contributed by atoms with Crippen molar-refractivity contribution in [3.8, 4) is 6.07 Å². The fourth-order valence-electron chi connectivity index (χ4n) is 1.41. The Balaban J connectivity index is 2.81. The van der Waals surface area contributed by atoms with Crippen molar-refractivity contribution in [2.24, 2.45) is 0 Å². The molecule has 0 aliphatic carbocycles. The molecule has 0 radical (unpaired) electrons. The lowest BCUT2D eigenvalue weighted by Gasteiger charge is -2.08. The monoisotopic (exact) mass is 201 g/mol. The number of benzene rings is 1. The molecule has 0 saturated carbocycles. The van der Waals surface area contributed by atoms with Crippen LogP contribution in [0.1, 0.15) is 48.5 Å². The number of nitriles is 1. The number of hydrogen-bond donors (Lipinski definition) is 0. The molecule has 1 atom stereocenters. The summed E-state index contributed by atoms with van der Waals surface area (Å²) in [6.45, 7) is 4.30. The van der Waals surface area contributed by atoms with Gasteiger partial charge >= 0.3 is 0 Å². The van der Waals surface area contributed by atoms with Gasteiger partial charge in [-0.3, -0.25) is 4.79 Å². The Morgan fingerprint density at radius 3 is 2.47 bits per heavy atom. The summed E-state index contributed by atoms with van der Waals surface area (Å²) in [4.78, 5) is 11.4. The predicted octanol–water partition coefficient (Wildman–Crippen LogP) is 3.30. The van der Waals surface area contributed by atoms with Crippen molar-refractivity contribution in [1.29, 1.82) is 5.26 Å². The van der Waals surface area contributed by atoms with Gasteiger partial charge in [0.05, 0.1) is 12.5 Å². The van der Waals surface area contributed by atoms with E-state index in [4.69, 9.17) is 5.26 Å². The molecule has 0 bridgehead atoms. The summed E-state index contributed by atoms with van der Waals surface area (Å²) < 4.78 is 0. The van der Waals surface area contributed by atoms with Gasteiger partial charge in [-0.25, -0.2) is 0 Å². The molecule has 0 fully saturated rings. The van der Waals surface area contributed by atoms with Crippen LogP contribution in [0.15, 0.2) is 24.3 Å². The van der Waals surface area contributed by atoms with Gasteiger partial charge in [0.2, 0.25) is 0 Å². The molecule has 0 heterocycles. The van der Waals surface area contributed by atoms with Crippen LogP contribution in [0.2, 0.25) is 0 Å². The minimum Gasteiger partial charge on any atom is -0.293 e. The number of hydrogen-bond acceptors (Lipinski definition) is 2. The van der Waals surface area contributed by atoms with Crippen LogP contribution in [0.4, 0.5) is 0 Å². The highest BCUT2D eigenvalue weighted by Gasteiger charge is 2.06. The number of Topliss-reactive ketones (excluding diaryl/α,β-unsaturated/α-hetero) is 1. The SMILES string of the molecule is CCC(C)c1ccc(C(=O)CC#N)cc1. The molecule has 15 heavy (non-hydrogen) atoms. The van der Waals surface area contributed by atoms with Crippen molar-refractivity contribution in [3.63, 3.8) is 0 Å². The lowest BCUT2D eigenvalue weighted by molar-refractivity contribution is 0.0997. The van der Waals surface area contributed by atoms with Crippen molar-refractivity contribution in [1.82, 2.24) is 0 Å². The van der Waals surface area contributed by atoms with Crippen LogP contribution in [-0.2, 0) is 0 Å². The van der Waals surface area contributed by atoms with E-state index in [2.05, 4.69) is 13.8 Å². The Hall–Kier alpha value is -1.62. The average Bonchev–Trinajstić information content (AvgIpc) is 2.28. The zero-order valence-electron chi connectivity index (χ0n) is 9.16. The second-order valence-electron chi connectivity index (χ2n) is 3.69. The van der Waals surface area contributed by atoms with E-state index in [0.29, 0.717) is 11.5 Å². The normalized spacial score (nSPS) is 11.8. The van der Waals surface area contributed by atoms with E-state index < -0.39 is 0 Å². The van der Waals surface area contributed by atoms with Crippen molar-refractivity contribution >= 4 is 5.78 Å². The molecular weight excluding hydrogens is 186 g/mol. The van der Waals surface area contributed by atoms with Gasteiger partial charge in [0, 0.05) is 5.56 Å². The Labute approximate surface area is 90.5 Å². The number of nitrogens with zero attached hydrogens (tertiary/aromatic N) is 1. The summed E-state index contributed by atoms with van der Waals surface area (Å²) in [5.41, 5.74) is 1.87. The number of ketones is 1. The van der Waals surface area contributed by atoms with E-state index in [1.165, 1.54) is 5.56 Å². The van der Waals surface area contributed by atoms with Crippen LogP contribution < -0.4 is 0 Å². The van der Waals surface area contributed by atoms with E-state index >= 15 is 0 Å². The molecule has 78 valence electrons. The standard InChI is InChI=1S/C13H15NO/c1-3-10(2)11-4-6-12(7-5-11)13(15)8-9-14/h4-7,10H,3,8H2,1-2H3. The van der Waals surface area contributed by atoms with Gasteiger partial charge in [0.1, 0.15) is 0 Å². The second-order valence-corrected chi connectivity index (χ2v) is 3.69. The fraction of sp³-hybridized carbons (Fsp3) is 0.385. The van der Waals surface area contributed by atoms with Crippen molar-refractivity contribution in [2.75, 3.05) is 0 Å². The third-order valence-corrected chi connectivity index (χ3v) is 2.65. The molecule has 0 aliphatic rings. The van der Waals surface area contributed by atoms with E-state index in [0.717, 1.165) is 6.42 Å². The van der Waals surface area contributed by atoms with Crippen molar-refractivity contribution < 1.29 is 4.79 Å². The zero-order valence-corrected chi connectivity index (χ0v) is 9.16. The third kappa shape index (κ3) is 2.92.